The van der Waals surface area contributed by atoms with Crippen LogP contribution < -0.4 is 5.32 Å². The Labute approximate surface area is 110 Å². The molecule has 0 spiro atoms. The number of hydrogen-bond donors (Lipinski definition) is 2. The van der Waals surface area contributed by atoms with Crippen molar-refractivity contribution in [3.8, 4) is 0 Å². The Morgan fingerprint density at radius 3 is 2.56 bits per heavy atom. The fraction of sp³-hybridized carbons (Fsp3) is 0.625. The molecule has 2 rings (SSSR count). The van der Waals surface area contributed by atoms with Gasteiger partial charge in [-0.2, -0.15) is 0 Å². The second-order valence-electron chi connectivity index (χ2n) is 5.58. The molecule has 1 fully saturated rings. The zero-order valence-electron chi connectivity index (χ0n) is 11.5. The van der Waals surface area contributed by atoms with E-state index in [1.807, 2.05) is 6.92 Å². The summed E-state index contributed by atoms with van der Waals surface area (Å²) in [6, 6.07) is 9.58. The van der Waals surface area contributed by atoms with Gasteiger partial charge in [0.2, 0.25) is 0 Å². The Morgan fingerprint density at radius 1 is 1.28 bits per heavy atom. The Bertz CT molecular complexity index is 354. The molecule has 2 nitrogen and oxygen atoms in total. The summed E-state index contributed by atoms with van der Waals surface area (Å²) in [4.78, 5) is 0. The van der Waals surface area contributed by atoms with Gasteiger partial charge in [0.25, 0.3) is 0 Å². The molecule has 0 radical (unpaired) electrons. The van der Waals surface area contributed by atoms with Crippen molar-refractivity contribution in [3.63, 3.8) is 0 Å². The third kappa shape index (κ3) is 3.56. The molecule has 1 aromatic carbocycles. The van der Waals surface area contributed by atoms with E-state index in [1.54, 1.807) is 0 Å². The summed E-state index contributed by atoms with van der Waals surface area (Å²) in [5.74, 6) is 0.735. The Morgan fingerprint density at radius 2 is 1.94 bits per heavy atom. The molecule has 0 amide bonds. The fourth-order valence-electron chi connectivity index (χ4n) is 2.55. The van der Waals surface area contributed by atoms with Crippen molar-refractivity contribution >= 4 is 0 Å². The van der Waals surface area contributed by atoms with E-state index < -0.39 is 0 Å². The topological polar surface area (TPSA) is 32.3 Å². The largest absolute Gasteiger partial charge is 0.393 e. The van der Waals surface area contributed by atoms with Crippen molar-refractivity contribution in [1.82, 2.24) is 5.32 Å². The lowest BCUT2D eigenvalue weighted by Gasteiger charge is -2.36. The minimum atomic E-state index is -0.134. The van der Waals surface area contributed by atoms with E-state index in [9.17, 15) is 5.11 Å². The summed E-state index contributed by atoms with van der Waals surface area (Å²) in [5.41, 5.74) is 2.81. The van der Waals surface area contributed by atoms with Crippen LogP contribution in [0.3, 0.4) is 0 Å². The molecule has 1 unspecified atom stereocenters. The maximum absolute atomic E-state index is 9.48. The van der Waals surface area contributed by atoms with Crippen LogP contribution in [0.5, 0.6) is 0 Å². The van der Waals surface area contributed by atoms with Gasteiger partial charge in [0.15, 0.2) is 0 Å². The van der Waals surface area contributed by atoms with E-state index in [0.29, 0.717) is 6.04 Å². The summed E-state index contributed by atoms with van der Waals surface area (Å²) in [5, 5.41) is 13.0. The number of aryl methyl sites for hydroxylation is 1. The molecular weight excluding hydrogens is 222 g/mol. The molecule has 100 valence electrons. The van der Waals surface area contributed by atoms with E-state index >= 15 is 0 Å². The SMILES string of the molecule is CCC(O)CCNC1CC(c2ccc(C)cc2)C1. The molecule has 1 aliphatic carbocycles. The highest BCUT2D eigenvalue weighted by Gasteiger charge is 2.29. The van der Waals surface area contributed by atoms with Gasteiger partial charge < -0.3 is 10.4 Å². The fourth-order valence-corrected chi connectivity index (χ4v) is 2.55. The van der Waals surface area contributed by atoms with E-state index in [-0.39, 0.29) is 6.10 Å². The normalized spacial score (nSPS) is 24.6. The molecular formula is C16H25NO. The number of benzene rings is 1. The van der Waals surface area contributed by atoms with Gasteiger partial charge >= 0.3 is 0 Å². The van der Waals surface area contributed by atoms with Crippen molar-refractivity contribution < 1.29 is 5.11 Å². The summed E-state index contributed by atoms with van der Waals surface area (Å²) in [7, 11) is 0. The van der Waals surface area contributed by atoms with Crippen molar-refractivity contribution in [2.45, 2.75) is 57.6 Å². The molecule has 1 aliphatic rings. The maximum atomic E-state index is 9.48. The van der Waals surface area contributed by atoms with Gasteiger partial charge in [-0.1, -0.05) is 36.8 Å². The standard InChI is InChI=1S/C16H25NO/c1-3-16(18)8-9-17-15-10-14(11-15)13-6-4-12(2)5-7-13/h4-7,14-18H,3,8-11H2,1-2H3. The van der Waals surface area contributed by atoms with Crippen molar-refractivity contribution in [2.24, 2.45) is 0 Å². The first-order valence-corrected chi connectivity index (χ1v) is 7.17. The average Bonchev–Trinajstić information content (AvgIpc) is 2.33. The first kappa shape index (κ1) is 13.6. The van der Waals surface area contributed by atoms with Crippen LogP contribution in [0.25, 0.3) is 0 Å². The monoisotopic (exact) mass is 247 g/mol. The first-order valence-electron chi connectivity index (χ1n) is 7.17. The highest BCUT2D eigenvalue weighted by Crippen LogP contribution is 2.36. The lowest BCUT2D eigenvalue weighted by molar-refractivity contribution is 0.155. The molecule has 1 saturated carbocycles. The highest BCUT2D eigenvalue weighted by molar-refractivity contribution is 5.26. The van der Waals surface area contributed by atoms with Gasteiger partial charge in [-0.05, 0) is 50.6 Å². The van der Waals surface area contributed by atoms with Crippen LogP contribution in [0.1, 0.15) is 49.7 Å². The summed E-state index contributed by atoms with van der Waals surface area (Å²) in [6.45, 7) is 5.11. The lowest BCUT2D eigenvalue weighted by Crippen LogP contribution is -2.41. The van der Waals surface area contributed by atoms with Crippen molar-refractivity contribution in [2.75, 3.05) is 6.54 Å². The number of aliphatic hydroxyl groups is 1. The van der Waals surface area contributed by atoms with Crippen LogP contribution in [0.15, 0.2) is 24.3 Å². The molecule has 0 bridgehead atoms. The van der Waals surface area contributed by atoms with E-state index in [1.165, 1.54) is 24.0 Å². The zero-order chi connectivity index (χ0) is 13.0. The average molecular weight is 247 g/mol. The van der Waals surface area contributed by atoms with Crippen LogP contribution in [0, 0.1) is 6.92 Å². The van der Waals surface area contributed by atoms with Gasteiger partial charge in [0, 0.05) is 6.04 Å². The first-order chi connectivity index (χ1) is 8.69. The highest BCUT2D eigenvalue weighted by atomic mass is 16.3. The molecule has 0 heterocycles. The number of aliphatic hydroxyl groups excluding tert-OH is 1. The summed E-state index contributed by atoms with van der Waals surface area (Å²) >= 11 is 0. The van der Waals surface area contributed by atoms with Crippen molar-refractivity contribution in [3.05, 3.63) is 35.4 Å². The maximum Gasteiger partial charge on any atom is 0.0549 e. The second-order valence-corrected chi connectivity index (χ2v) is 5.58. The van der Waals surface area contributed by atoms with Gasteiger partial charge in [0.1, 0.15) is 0 Å². The van der Waals surface area contributed by atoms with Crippen LogP contribution >= 0.6 is 0 Å². The quantitative estimate of drug-likeness (QED) is 0.810. The zero-order valence-corrected chi connectivity index (χ0v) is 11.5. The third-order valence-corrected chi connectivity index (χ3v) is 4.07. The second kappa shape index (κ2) is 6.35. The predicted octanol–water partition coefficient (Wildman–Crippen LogP) is 2.99. The van der Waals surface area contributed by atoms with E-state index in [2.05, 4.69) is 36.5 Å². The predicted molar refractivity (Wildman–Crippen MR) is 75.9 cm³/mol. The lowest BCUT2D eigenvalue weighted by atomic mass is 9.75. The van der Waals surface area contributed by atoms with E-state index in [0.717, 1.165) is 25.3 Å². The molecule has 18 heavy (non-hydrogen) atoms. The van der Waals surface area contributed by atoms with Crippen molar-refractivity contribution in [1.29, 1.82) is 0 Å². The summed E-state index contributed by atoms with van der Waals surface area (Å²) in [6.07, 6.45) is 4.09. The molecule has 0 aromatic heterocycles. The van der Waals surface area contributed by atoms with Gasteiger partial charge in [-0.15, -0.1) is 0 Å². The van der Waals surface area contributed by atoms with Gasteiger partial charge in [0.05, 0.1) is 6.10 Å². The third-order valence-electron chi connectivity index (χ3n) is 4.07. The Kier molecular flexibility index (Phi) is 4.79. The Hall–Kier alpha value is -0.860. The molecule has 1 aromatic rings. The summed E-state index contributed by atoms with van der Waals surface area (Å²) < 4.78 is 0. The minimum Gasteiger partial charge on any atom is -0.393 e. The minimum absolute atomic E-state index is 0.134. The molecule has 1 atom stereocenters. The molecule has 2 N–H and O–H groups in total. The van der Waals surface area contributed by atoms with E-state index in [4.69, 9.17) is 0 Å². The van der Waals surface area contributed by atoms with Gasteiger partial charge in [-0.25, -0.2) is 0 Å². The Balaban J connectivity index is 1.66. The smallest absolute Gasteiger partial charge is 0.0549 e. The molecule has 2 heteroatoms. The van der Waals surface area contributed by atoms with Gasteiger partial charge in [-0.3, -0.25) is 0 Å². The van der Waals surface area contributed by atoms with Crippen LogP contribution in [0.4, 0.5) is 0 Å². The van der Waals surface area contributed by atoms with Crippen LogP contribution in [-0.2, 0) is 0 Å². The van der Waals surface area contributed by atoms with Crippen LogP contribution in [-0.4, -0.2) is 23.8 Å². The number of hydrogen-bond acceptors (Lipinski definition) is 2. The number of rotatable bonds is 6. The van der Waals surface area contributed by atoms with Crippen LogP contribution in [0.2, 0.25) is 0 Å². The molecule has 0 aliphatic heterocycles. The molecule has 0 saturated heterocycles. The number of nitrogens with one attached hydrogen (secondary N) is 1.